The molecule has 4 rings (SSSR count). The van der Waals surface area contributed by atoms with Crippen molar-refractivity contribution in [2.24, 2.45) is 28.6 Å². The molecule has 3 fully saturated rings. The number of Topliss-reactive ketones (excluding diaryl/α,β-unsaturated/α-hetero) is 2. The number of aliphatic carboxylic acids is 1. The molecule has 0 heterocycles. The van der Waals surface area contributed by atoms with Crippen LogP contribution in [0.25, 0.3) is 0 Å². The maximum Gasteiger partial charge on any atom is 0.397 e. The van der Waals surface area contributed by atoms with E-state index in [2.05, 4.69) is 17.7 Å². The predicted octanol–water partition coefficient (Wildman–Crippen LogP) is 5.19. The molecule has 0 saturated heterocycles. The average Bonchev–Trinajstić information content (AvgIpc) is 3.19. The molecule has 4 aliphatic carbocycles. The molecular weight excluding hydrogens is 642 g/mol. The van der Waals surface area contributed by atoms with Crippen LogP contribution < -0.4 is 0 Å². The van der Waals surface area contributed by atoms with Gasteiger partial charge in [0.1, 0.15) is 18.0 Å². The third-order valence-electron chi connectivity index (χ3n) is 10.7. The first-order valence-corrected chi connectivity index (χ1v) is 16.9. The number of carboxylic acids is 1. The summed E-state index contributed by atoms with van der Waals surface area (Å²) in [6.07, 6.45) is 15.0. The first kappa shape index (κ1) is 38.6. The molecule has 244 valence electrons. The number of carbonyl (C=O) groups is 4. The number of fused-ring (bicyclic) bond motifs is 5. The number of hydrogen-bond donors (Lipinski definition) is 3. The van der Waals surface area contributed by atoms with Crippen molar-refractivity contribution < 1.29 is 66.0 Å². The summed E-state index contributed by atoms with van der Waals surface area (Å²) in [5.41, 5.74) is -2.23. The van der Waals surface area contributed by atoms with Gasteiger partial charge in [-0.25, -0.2) is 4.18 Å². The number of allylic oxidation sites excluding steroid dienone is 2. The van der Waals surface area contributed by atoms with Gasteiger partial charge >= 0.3 is 16.4 Å². The van der Waals surface area contributed by atoms with Gasteiger partial charge in [-0.1, -0.05) is 51.2 Å². The fourth-order valence-corrected chi connectivity index (χ4v) is 8.62. The third-order valence-corrected chi connectivity index (χ3v) is 11.1. The van der Waals surface area contributed by atoms with Crippen LogP contribution in [0.2, 0.25) is 0 Å². The first-order valence-electron chi connectivity index (χ1n) is 15.6. The zero-order valence-electron chi connectivity index (χ0n) is 26.2. The van der Waals surface area contributed by atoms with Crippen molar-refractivity contribution in [3.05, 3.63) is 24.3 Å². The van der Waals surface area contributed by atoms with E-state index in [9.17, 15) is 32.7 Å². The van der Waals surface area contributed by atoms with Crippen molar-refractivity contribution in [3.63, 3.8) is 0 Å². The van der Waals surface area contributed by atoms with E-state index >= 15 is 0 Å². The number of aliphatic hydroxyl groups is 1. The van der Waals surface area contributed by atoms with Crippen molar-refractivity contribution in [1.29, 1.82) is 0 Å². The number of rotatable bonds is 13. The van der Waals surface area contributed by atoms with Gasteiger partial charge in [0.05, 0.1) is 0 Å². The second kappa shape index (κ2) is 15.8. The molecule has 44 heavy (non-hydrogen) atoms. The summed E-state index contributed by atoms with van der Waals surface area (Å²) in [7, 11) is -4.81. The molecule has 0 aromatic heterocycles. The second-order valence-electron chi connectivity index (χ2n) is 13.3. The Morgan fingerprint density at radius 2 is 1.68 bits per heavy atom. The number of ketones is 3. The predicted molar refractivity (Wildman–Crippen MR) is 159 cm³/mol. The maximum atomic E-state index is 13.4. The molecule has 0 aromatic carbocycles. The Morgan fingerprint density at radius 1 is 1.05 bits per heavy atom. The molecule has 12 heteroatoms. The SMILES string of the molecule is C=CCCCCCCCCC(=O)O.C[C@]12CCC(=O)C=C1CC[C@@H]1[C@@H]2C(=O)C[C@@]2(C)[C@H]1CC[C@]2(O)C(=O)COS(=O)(=O)O.[Zn]. The van der Waals surface area contributed by atoms with Crippen LogP contribution in [0, 0.1) is 28.6 Å². The largest absolute Gasteiger partial charge is 0.481 e. The standard InChI is InChI=1S/C21H28O8S.C11H20O2.Zn/c1-19-7-5-13(22)9-12(19)3-4-14-15-6-8-21(25,17(24)11-29-30(26,27)28)20(15,2)10-16(23)18(14)19;1-2-3-4-5-6-7-8-9-10-11(12)13;/h9,14-15,18,25H,3-8,10-11H2,1-2H3,(H,26,27,28);2H,1,3-10H2,(H,12,13);/t14-,15-,18+,19-,20-,21-;;/m0../s1. The minimum absolute atomic E-state index is 0. The van der Waals surface area contributed by atoms with Gasteiger partial charge in [0.15, 0.2) is 11.6 Å². The molecule has 0 unspecified atom stereocenters. The van der Waals surface area contributed by atoms with E-state index in [-0.39, 0.29) is 67.1 Å². The van der Waals surface area contributed by atoms with E-state index in [0.29, 0.717) is 25.7 Å². The molecule has 3 N–H and O–H groups in total. The minimum Gasteiger partial charge on any atom is -0.481 e. The van der Waals surface area contributed by atoms with Crippen LogP contribution in [-0.4, -0.2) is 58.7 Å². The van der Waals surface area contributed by atoms with E-state index < -0.39 is 39.8 Å². The number of hydrogen-bond acceptors (Lipinski definition) is 8. The summed E-state index contributed by atoms with van der Waals surface area (Å²) in [4.78, 5) is 48.3. The van der Waals surface area contributed by atoms with E-state index in [1.807, 2.05) is 6.08 Å². The summed E-state index contributed by atoms with van der Waals surface area (Å²) in [6.45, 7) is 6.50. The molecule has 0 amide bonds. The van der Waals surface area contributed by atoms with Gasteiger partial charge in [0, 0.05) is 50.1 Å². The summed E-state index contributed by atoms with van der Waals surface area (Å²) in [5.74, 6) is -1.73. The third kappa shape index (κ3) is 8.61. The zero-order chi connectivity index (χ0) is 32.1. The van der Waals surface area contributed by atoms with Crippen LogP contribution in [0.1, 0.15) is 110 Å². The van der Waals surface area contributed by atoms with Crippen molar-refractivity contribution in [2.75, 3.05) is 6.61 Å². The van der Waals surface area contributed by atoms with Crippen LogP contribution in [-0.2, 0) is 53.2 Å². The Morgan fingerprint density at radius 3 is 2.30 bits per heavy atom. The maximum absolute atomic E-state index is 13.4. The fourth-order valence-electron chi connectivity index (χ4n) is 8.36. The van der Waals surface area contributed by atoms with Gasteiger partial charge in [0.2, 0.25) is 0 Å². The molecule has 0 aromatic rings. The molecule has 0 spiro atoms. The van der Waals surface area contributed by atoms with E-state index in [1.54, 1.807) is 13.0 Å². The Bertz CT molecular complexity index is 1230. The Labute approximate surface area is 274 Å². The quantitative estimate of drug-likeness (QED) is 0.101. The number of carboxylic acid groups (broad SMARTS) is 1. The molecule has 6 atom stereocenters. The molecule has 0 bridgehead atoms. The molecule has 4 aliphatic rings. The molecule has 0 radical (unpaired) electrons. The number of unbranched alkanes of at least 4 members (excludes halogenated alkanes) is 6. The molecule has 3 saturated carbocycles. The topological polar surface area (TPSA) is 172 Å². The van der Waals surface area contributed by atoms with E-state index in [4.69, 9.17) is 9.66 Å². The summed E-state index contributed by atoms with van der Waals surface area (Å²) >= 11 is 0. The Hall–Kier alpha value is -1.59. The molecule has 0 aliphatic heterocycles. The second-order valence-corrected chi connectivity index (χ2v) is 14.3. The van der Waals surface area contributed by atoms with Crippen LogP contribution in [0.5, 0.6) is 0 Å². The van der Waals surface area contributed by atoms with Gasteiger partial charge in [-0.05, 0) is 74.7 Å². The van der Waals surface area contributed by atoms with E-state index in [1.165, 1.54) is 25.7 Å². The van der Waals surface area contributed by atoms with Crippen molar-refractivity contribution in [1.82, 2.24) is 0 Å². The Balaban J connectivity index is 0.000000412. The van der Waals surface area contributed by atoms with E-state index in [0.717, 1.165) is 37.7 Å². The molecule has 10 nitrogen and oxygen atoms in total. The van der Waals surface area contributed by atoms with Gasteiger partial charge in [0.25, 0.3) is 0 Å². The fraction of sp³-hybridized carbons (Fsp3) is 0.750. The average molecular weight is 690 g/mol. The summed E-state index contributed by atoms with van der Waals surface area (Å²) in [5, 5.41) is 19.7. The van der Waals surface area contributed by atoms with Crippen molar-refractivity contribution in [3.8, 4) is 0 Å². The normalized spacial score (nSPS) is 32.5. The summed E-state index contributed by atoms with van der Waals surface area (Å²) in [6, 6.07) is 0. The smallest absolute Gasteiger partial charge is 0.397 e. The number of carbonyl (C=O) groups excluding carboxylic acids is 3. The van der Waals surface area contributed by atoms with Crippen LogP contribution in [0.4, 0.5) is 0 Å². The van der Waals surface area contributed by atoms with Crippen molar-refractivity contribution in [2.45, 2.75) is 116 Å². The van der Waals surface area contributed by atoms with Crippen LogP contribution in [0.15, 0.2) is 24.3 Å². The van der Waals surface area contributed by atoms with Gasteiger partial charge in [-0.15, -0.1) is 6.58 Å². The van der Waals surface area contributed by atoms with Gasteiger partial charge in [-0.2, -0.15) is 8.42 Å². The minimum atomic E-state index is -4.81. The monoisotopic (exact) mass is 688 g/mol. The zero-order valence-corrected chi connectivity index (χ0v) is 30.0. The van der Waals surface area contributed by atoms with Gasteiger partial charge in [-0.3, -0.25) is 23.7 Å². The molecular formula is C32H48O10SZn. The van der Waals surface area contributed by atoms with Gasteiger partial charge < -0.3 is 10.2 Å². The first-order chi connectivity index (χ1) is 20.1. The van der Waals surface area contributed by atoms with Crippen LogP contribution >= 0.6 is 0 Å². The summed E-state index contributed by atoms with van der Waals surface area (Å²) < 4.78 is 34.7. The van der Waals surface area contributed by atoms with Crippen LogP contribution in [0.3, 0.4) is 0 Å². The van der Waals surface area contributed by atoms with Crippen molar-refractivity contribution >= 4 is 33.7 Å². The Kier molecular flexibility index (Phi) is 13.9.